The van der Waals surface area contributed by atoms with Gasteiger partial charge in [0, 0.05) is 0 Å². The second-order valence-corrected chi connectivity index (χ2v) is 5.45. The van der Waals surface area contributed by atoms with Crippen LogP contribution in [0.2, 0.25) is 0 Å². The number of hydrogen-bond acceptors (Lipinski definition) is 4. The molecule has 0 heterocycles. The van der Waals surface area contributed by atoms with Crippen molar-refractivity contribution in [2.75, 3.05) is 5.75 Å². The van der Waals surface area contributed by atoms with E-state index in [0.29, 0.717) is 0 Å². The van der Waals surface area contributed by atoms with Crippen LogP contribution in [0.4, 0.5) is 4.39 Å². The number of carboxylic acids is 1. The second-order valence-electron chi connectivity index (χ2n) is 3.39. The maximum atomic E-state index is 13.0. The molecule has 1 aromatic carbocycles. The minimum Gasteiger partial charge on any atom is -0.480 e. The Labute approximate surface area is 97.0 Å². The van der Waals surface area contributed by atoms with Crippen LogP contribution in [-0.2, 0) is 20.4 Å². The summed E-state index contributed by atoms with van der Waals surface area (Å²) < 4.78 is 35.7. The molecule has 7 heteroatoms. The van der Waals surface area contributed by atoms with E-state index in [1.54, 1.807) is 6.07 Å². The summed E-state index contributed by atoms with van der Waals surface area (Å²) in [6, 6.07) is 4.82. The molecule has 0 saturated heterocycles. The maximum absolute atomic E-state index is 13.0. The number of nitrogens with zero attached hydrogens (tertiary/aromatic N) is 1. The number of hydrogen-bond donors (Lipinski definition) is 1. The van der Waals surface area contributed by atoms with Crippen LogP contribution in [-0.4, -0.2) is 25.2 Å². The Bertz CT molecular complexity index is 589. The minimum atomic E-state index is -3.85. The highest BCUT2D eigenvalue weighted by Crippen LogP contribution is 2.12. The number of carboxylic acid groups (broad SMARTS) is 1. The van der Waals surface area contributed by atoms with Gasteiger partial charge < -0.3 is 5.11 Å². The summed E-state index contributed by atoms with van der Waals surface area (Å²) >= 11 is 0. The van der Waals surface area contributed by atoms with Crippen molar-refractivity contribution in [3.05, 3.63) is 35.1 Å². The highest BCUT2D eigenvalue weighted by Gasteiger charge is 2.17. The highest BCUT2D eigenvalue weighted by molar-refractivity contribution is 7.91. The van der Waals surface area contributed by atoms with Gasteiger partial charge in [-0.2, -0.15) is 5.26 Å². The molecule has 0 atom stereocenters. The van der Waals surface area contributed by atoms with Crippen molar-refractivity contribution in [3.8, 4) is 6.07 Å². The fraction of sp³-hybridized carbons (Fsp3) is 0.200. The first-order chi connectivity index (χ1) is 7.82. The third-order valence-corrected chi connectivity index (χ3v) is 3.28. The Balaban J connectivity index is 3.00. The van der Waals surface area contributed by atoms with Gasteiger partial charge >= 0.3 is 5.97 Å². The van der Waals surface area contributed by atoms with Gasteiger partial charge in [-0.3, -0.25) is 4.79 Å². The van der Waals surface area contributed by atoms with E-state index in [1.165, 1.54) is 6.07 Å². The quantitative estimate of drug-likeness (QED) is 0.856. The number of halogens is 1. The van der Waals surface area contributed by atoms with Gasteiger partial charge in [-0.25, -0.2) is 12.8 Å². The number of rotatable bonds is 4. The van der Waals surface area contributed by atoms with Gasteiger partial charge in [-0.15, -0.1) is 0 Å². The fourth-order valence-electron chi connectivity index (χ4n) is 1.29. The normalized spacial score (nSPS) is 10.8. The minimum absolute atomic E-state index is 0.00877. The van der Waals surface area contributed by atoms with E-state index in [4.69, 9.17) is 10.4 Å². The van der Waals surface area contributed by atoms with Crippen LogP contribution in [0.25, 0.3) is 0 Å². The number of sulfone groups is 1. The highest BCUT2D eigenvalue weighted by atomic mass is 32.2. The average molecular weight is 257 g/mol. The predicted octanol–water partition coefficient (Wildman–Crippen LogP) is 0.697. The van der Waals surface area contributed by atoms with E-state index in [2.05, 4.69) is 0 Å². The van der Waals surface area contributed by atoms with Crippen LogP contribution in [0.5, 0.6) is 0 Å². The molecule has 0 saturated carbocycles. The zero-order chi connectivity index (χ0) is 13.1. The molecule has 0 aromatic heterocycles. The van der Waals surface area contributed by atoms with Crippen molar-refractivity contribution in [2.45, 2.75) is 5.75 Å². The van der Waals surface area contributed by atoms with Crippen molar-refractivity contribution >= 4 is 15.8 Å². The zero-order valence-electron chi connectivity index (χ0n) is 8.55. The van der Waals surface area contributed by atoms with Gasteiger partial charge in [-0.1, -0.05) is 0 Å². The molecule has 17 heavy (non-hydrogen) atoms. The third kappa shape index (κ3) is 4.20. The van der Waals surface area contributed by atoms with Crippen LogP contribution < -0.4 is 0 Å². The lowest BCUT2D eigenvalue weighted by Crippen LogP contribution is -2.17. The molecular formula is C10H8FNO4S. The monoisotopic (exact) mass is 257 g/mol. The fourth-order valence-corrected chi connectivity index (χ4v) is 2.44. The van der Waals surface area contributed by atoms with Crippen molar-refractivity contribution in [1.82, 2.24) is 0 Å². The Morgan fingerprint density at radius 3 is 2.59 bits per heavy atom. The molecule has 0 aliphatic heterocycles. The van der Waals surface area contributed by atoms with Crippen molar-refractivity contribution in [3.63, 3.8) is 0 Å². The first kappa shape index (κ1) is 13.1. The molecule has 0 radical (unpaired) electrons. The van der Waals surface area contributed by atoms with Crippen molar-refractivity contribution in [2.24, 2.45) is 0 Å². The summed E-state index contributed by atoms with van der Waals surface area (Å²) in [6.07, 6.45) is 0. The van der Waals surface area contributed by atoms with E-state index in [0.717, 1.165) is 12.1 Å². The van der Waals surface area contributed by atoms with Crippen molar-refractivity contribution in [1.29, 1.82) is 5.26 Å². The van der Waals surface area contributed by atoms with Crippen LogP contribution >= 0.6 is 0 Å². The van der Waals surface area contributed by atoms with E-state index >= 15 is 0 Å². The Morgan fingerprint density at radius 1 is 1.41 bits per heavy atom. The summed E-state index contributed by atoms with van der Waals surface area (Å²) in [5.41, 5.74) is 0.0494. The lowest BCUT2D eigenvalue weighted by Gasteiger charge is -2.02. The van der Waals surface area contributed by atoms with Crippen molar-refractivity contribution < 1.29 is 22.7 Å². The molecule has 1 N–H and O–H groups in total. The number of aliphatic carboxylic acids is 1. The first-order valence-electron chi connectivity index (χ1n) is 4.44. The van der Waals surface area contributed by atoms with Gasteiger partial charge in [0.2, 0.25) is 0 Å². The molecule has 0 spiro atoms. The molecule has 0 amide bonds. The summed E-state index contributed by atoms with van der Waals surface area (Å²) in [5.74, 6) is -3.83. The van der Waals surface area contributed by atoms with Crippen LogP contribution in [0, 0.1) is 17.1 Å². The topological polar surface area (TPSA) is 95.2 Å². The summed E-state index contributed by atoms with van der Waals surface area (Å²) in [5, 5.41) is 16.9. The molecule has 90 valence electrons. The van der Waals surface area contributed by atoms with Crippen LogP contribution in [0.1, 0.15) is 11.1 Å². The smallest absolute Gasteiger partial charge is 0.318 e. The maximum Gasteiger partial charge on any atom is 0.318 e. The molecular weight excluding hydrogens is 249 g/mol. The van der Waals surface area contributed by atoms with Gasteiger partial charge in [0.05, 0.1) is 17.4 Å². The standard InChI is InChI=1S/C10H8FNO4S/c11-9-2-7(4-12)1-8(3-9)5-17(15,16)6-10(13)14/h1-3H,5-6H2,(H,13,14). The molecule has 0 unspecified atom stereocenters. The molecule has 1 aromatic rings. The first-order valence-corrected chi connectivity index (χ1v) is 6.26. The number of benzene rings is 1. The van der Waals surface area contributed by atoms with E-state index in [1.807, 2.05) is 0 Å². The van der Waals surface area contributed by atoms with Crippen LogP contribution in [0.15, 0.2) is 18.2 Å². The SMILES string of the molecule is N#Cc1cc(F)cc(CS(=O)(=O)CC(=O)O)c1. The zero-order valence-corrected chi connectivity index (χ0v) is 9.37. The largest absolute Gasteiger partial charge is 0.480 e. The Kier molecular flexibility index (Phi) is 3.81. The molecule has 0 bridgehead atoms. The third-order valence-electron chi connectivity index (χ3n) is 1.82. The lowest BCUT2D eigenvalue weighted by atomic mass is 10.1. The predicted molar refractivity (Wildman–Crippen MR) is 56.2 cm³/mol. The summed E-state index contributed by atoms with van der Waals surface area (Å²) in [6.45, 7) is 0. The molecule has 0 aliphatic rings. The van der Waals surface area contributed by atoms with Gasteiger partial charge in [-0.05, 0) is 23.8 Å². The number of nitriles is 1. The second kappa shape index (κ2) is 4.93. The summed E-state index contributed by atoms with van der Waals surface area (Å²) in [7, 11) is -3.85. The Morgan fingerprint density at radius 2 is 2.06 bits per heavy atom. The molecule has 5 nitrogen and oxygen atoms in total. The number of carbonyl (C=O) groups is 1. The lowest BCUT2D eigenvalue weighted by molar-refractivity contribution is -0.134. The Hall–Kier alpha value is -1.94. The molecule has 0 fully saturated rings. The molecule has 1 rings (SSSR count). The summed E-state index contributed by atoms with van der Waals surface area (Å²) in [4.78, 5) is 10.3. The van der Waals surface area contributed by atoms with E-state index in [9.17, 15) is 17.6 Å². The van der Waals surface area contributed by atoms with Crippen LogP contribution in [0.3, 0.4) is 0 Å². The van der Waals surface area contributed by atoms with E-state index in [-0.39, 0.29) is 11.1 Å². The van der Waals surface area contributed by atoms with E-state index < -0.39 is 33.1 Å². The average Bonchev–Trinajstić information content (AvgIpc) is 2.13. The van der Waals surface area contributed by atoms with Gasteiger partial charge in [0.1, 0.15) is 11.6 Å². The van der Waals surface area contributed by atoms with Gasteiger partial charge in [0.25, 0.3) is 0 Å². The molecule has 0 aliphatic carbocycles. The van der Waals surface area contributed by atoms with Gasteiger partial charge in [0.15, 0.2) is 9.84 Å².